The van der Waals surface area contributed by atoms with Gasteiger partial charge in [0.1, 0.15) is 17.1 Å². The highest BCUT2D eigenvalue weighted by molar-refractivity contribution is 7.91. The zero-order valence-corrected chi connectivity index (χ0v) is 41.3. The van der Waals surface area contributed by atoms with Gasteiger partial charge in [-0.2, -0.15) is 66.2 Å². The smallest absolute Gasteiger partial charge is 0.425 e. The highest BCUT2D eigenvalue weighted by Gasteiger charge is 2.41. The van der Waals surface area contributed by atoms with Crippen LogP contribution in [0.4, 0.5) is 73.1 Å². The maximum atomic E-state index is 14.3. The minimum absolute atomic E-state index is 0. The fourth-order valence-corrected chi connectivity index (χ4v) is 7.63. The summed E-state index contributed by atoms with van der Waals surface area (Å²) in [5.41, 5.74) is -3.39. The lowest BCUT2D eigenvalue weighted by Gasteiger charge is -2.36. The normalized spacial score (nSPS) is 15.4. The molecular weight excluding hydrogens is 1110 g/mol. The lowest BCUT2D eigenvalue weighted by Crippen LogP contribution is -2.49. The number of piperazine rings is 2. The van der Waals surface area contributed by atoms with Gasteiger partial charge in [-0.1, -0.05) is 7.43 Å². The van der Waals surface area contributed by atoms with Gasteiger partial charge in [-0.25, -0.2) is 40.4 Å². The first-order chi connectivity index (χ1) is 33.4. The standard InChI is InChI=1S/C21H20F7N3O4S.C11H11F3O5S.C10H11F4N3.CH4.H2S/c1-12(20(23,24)25)35-17-4-3-14(36(2,33)34)10-15(17)19(32)31-7-5-30(6-8-31)18-16(22)9-13(11-29-18)21(26,27)28;1-6(11(12,13)14)19-9-4-3-7(20(2,17)18)5-8(9)10(15)16;11-8-5-7(10(12,13)14)6-16-9(8)17-3-1-15-2-4-17;;/h3-4,9-12H,5-8H2,1-2H3;3-6H,1-2H3,(H,15,16);5-6,15H,1-4H2;1H4;1H2/t12-;6-;;;/m00.../s1. The van der Waals surface area contributed by atoms with E-state index in [4.69, 9.17) is 9.84 Å². The lowest BCUT2D eigenvalue weighted by atomic mass is 10.1. The van der Waals surface area contributed by atoms with Gasteiger partial charge in [-0.3, -0.25) is 4.79 Å². The van der Waals surface area contributed by atoms with Gasteiger partial charge < -0.3 is 34.6 Å². The zero-order valence-electron chi connectivity index (χ0n) is 38.6. The summed E-state index contributed by atoms with van der Waals surface area (Å²) in [6.45, 7) is 3.55. The number of alkyl halides is 12. The number of carbonyl (C=O) groups excluding carboxylic acids is 1. The first kappa shape index (κ1) is 65.2. The quantitative estimate of drug-likeness (QED) is 0.144. The number of pyridine rings is 2. The molecule has 4 aromatic rings. The maximum absolute atomic E-state index is 14.3. The van der Waals surface area contributed by atoms with Crippen LogP contribution in [0.15, 0.2) is 70.7 Å². The van der Waals surface area contributed by atoms with E-state index in [1.165, 1.54) is 9.80 Å². The summed E-state index contributed by atoms with van der Waals surface area (Å²) in [4.78, 5) is 34.7. The Kier molecular flexibility index (Phi) is 22.0. The van der Waals surface area contributed by atoms with Crippen LogP contribution in [0.25, 0.3) is 0 Å². The van der Waals surface area contributed by atoms with E-state index in [0.717, 1.165) is 62.8 Å². The van der Waals surface area contributed by atoms with Crippen molar-refractivity contribution in [2.75, 3.05) is 74.7 Å². The fourth-order valence-electron chi connectivity index (χ4n) is 6.34. The number of nitrogens with zero attached hydrogens (tertiary/aromatic N) is 5. The minimum Gasteiger partial charge on any atom is -0.480 e. The van der Waals surface area contributed by atoms with Crippen molar-refractivity contribution in [3.05, 3.63) is 94.8 Å². The van der Waals surface area contributed by atoms with Crippen molar-refractivity contribution in [3.63, 3.8) is 0 Å². The number of ether oxygens (including phenoxy) is 2. The largest absolute Gasteiger partial charge is 0.480 e. The number of anilines is 2. The SMILES string of the molecule is C.C[C@H](Oc1ccc(S(C)(=O)=O)cc1C(=O)N1CCN(c2ncc(C(F)(F)F)cc2F)CC1)C(F)(F)F.C[C@H](Oc1ccc(S(C)(=O)=O)cc1C(=O)O)C(F)(F)F.Fc1cc(C(F)(F)F)cnc1N1CCNCC1.S. The molecule has 1 amide bonds. The molecule has 2 aromatic heterocycles. The predicted molar refractivity (Wildman–Crippen MR) is 247 cm³/mol. The number of hydrogen-bond acceptors (Lipinski definition) is 13. The number of halogens is 14. The summed E-state index contributed by atoms with van der Waals surface area (Å²) in [6.07, 6.45) is -20.4. The van der Waals surface area contributed by atoms with Crippen LogP contribution in [0.1, 0.15) is 53.1 Å². The second kappa shape index (κ2) is 25.3. The molecule has 32 heteroatoms. The molecule has 2 atom stereocenters. The van der Waals surface area contributed by atoms with Gasteiger partial charge in [0.25, 0.3) is 5.91 Å². The average Bonchev–Trinajstić information content (AvgIpc) is 3.27. The maximum Gasteiger partial charge on any atom is 0.425 e. The molecule has 2 aliphatic heterocycles. The molecule has 2 aromatic carbocycles. The Balaban J connectivity index is 0.000000418. The number of amides is 1. The van der Waals surface area contributed by atoms with Gasteiger partial charge in [0.2, 0.25) is 0 Å². The fraction of sp³-hybridized carbons (Fsp3) is 0.442. The number of carbonyl (C=O) groups is 2. The Labute approximate surface area is 427 Å². The Morgan fingerprint density at radius 3 is 1.31 bits per heavy atom. The van der Waals surface area contributed by atoms with E-state index in [0.29, 0.717) is 50.7 Å². The number of hydrogen-bond donors (Lipinski definition) is 2. The summed E-state index contributed by atoms with van der Waals surface area (Å²) < 4.78 is 235. The molecule has 6 rings (SSSR count). The van der Waals surface area contributed by atoms with Gasteiger partial charge >= 0.3 is 30.7 Å². The van der Waals surface area contributed by atoms with Gasteiger partial charge in [0.15, 0.2) is 55.2 Å². The molecule has 0 saturated carbocycles. The van der Waals surface area contributed by atoms with Gasteiger partial charge in [-0.15, -0.1) is 0 Å². The van der Waals surface area contributed by atoms with E-state index in [9.17, 15) is 87.9 Å². The van der Waals surface area contributed by atoms with E-state index < -0.39 is 114 Å². The van der Waals surface area contributed by atoms with Gasteiger partial charge in [0.05, 0.1) is 26.5 Å². The molecule has 2 aliphatic rings. The van der Waals surface area contributed by atoms with Crippen LogP contribution in [0, 0.1) is 11.6 Å². The molecule has 0 aliphatic carbocycles. The third kappa shape index (κ3) is 18.1. The summed E-state index contributed by atoms with van der Waals surface area (Å²) in [5, 5.41) is 12.0. The van der Waals surface area contributed by atoms with E-state index in [1.807, 2.05) is 0 Å². The number of nitrogens with one attached hydrogen (secondary N) is 1. The molecule has 0 bridgehead atoms. The van der Waals surface area contributed by atoms with E-state index in [1.54, 1.807) is 4.90 Å². The van der Waals surface area contributed by atoms with Gasteiger partial charge in [0, 0.05) is 77.3 Å². The molecule has 0 spiro atoms. The number of carboxylic acid groups (broad SMARTS) is 1. The van der Waals surface area contributed by atoms with Crippen LogP contribution in [-0.2, 0) is 32.0 Å². The second-order valence-electron chi connectivity index (χ2n) is 15.8. The topological polar surface area (TPSA) is 189 Å². The molecule has 2 fully saturated rings. The van der Waals surface area contributed by atoms with Crippen LogP contribution in [0.5, 0.6) is 11.5 Å². The third-order valence-corrected chi connectivity index (χ3v) is 12.6. The molecule has 2 N–H and O–H groups in total. The molecule has 4 heterocycles. The Morgan fingerprint density at radius 1 is 0.613 bits per heavy atom. The van der Waals surface area contributed by atoms with Crippen molar-refractivity contribution < 1.29 is 102 Å². The molecule has 15 nitrogen and oxygen atoms in total. The predicted octanol–water partition coefficient (Wildman–Crippen LogP) is 8.45. The molecule has 2 saturated heterocycles. The van der Waals surface area contributed by atoms with Crippen LogP contribution in [0.2, 0.25) is 0 Å². The number of aromatic carboxylic acids is 1. The molecule has 0 radical (unpaired) electrons. The van der Waals surface area contributed by atoms with E-state index in [-0.39, 0.29) is 68.5 Å². The number of aromatic nitrogens is 2. The molecule has 420 valence electrons. The minimum atomic E-state index is -4.78. The second-order valence-corrected chi connectivity index (χ2v) is 19.9. The molecule has 0 unspecified atom stereocenters. The van der Waals surface area contributed by atoms with Crippen molar-refractivity contribution in [1.29, 1.82) is 0 Å². The van der Waals surface area contributed by atoms with Crippen LogP contribution < -0.4 is 24.6 Å². The summed E-state index contributed by atoms with van der Waals surface area (Å²) in [6, 6.07) is 6.33. The summed E-state index contributed by atoms with van der Waals surface area (Å²) >= 11 is 0. The Hall–Kier alpha value is -5.89. The number of sulfone groups is 2. The molecular formula is C43H48F14N6O9S3. The van der Waals surface area contributed by atoms with Crippen molar-refractivity contribution in [2.45, 2.75) is 68.0 Å². The van der Waals surface area contributed by atoms with Crippen molar-refractivity contribution in [3.8, 4) is 11.5 Å². The lowest BCUT2D eigenvalue weighted by molar-refractivity contribution is -0.189. The average molecular weight is 1160 g/mol. The van der Waals surface area contributed by atoms with Crippen molar-refractivity contribution >= 4 is 56.7 Å². The third-order valence-electron chi connectivity index (χ3n) is 10.3. The van der Waals surface area contributed by atoms with E-state index in [2.05, 4.69) is 20.0 Å². The highest BCUT2D eigenvalue weighted by Crippen LogP contribution is 2.34. The van der Waals surface area contributed by atoms with Crippen LogP contribution in [0.3, 0.4) is 0 Å². The number of carboxylic acids is 1. The van der Waals surface area contributed by atoms with Gasteiger partial charge in [-0.05, 0) is 62.4 Å². The van der Waals surface area contributed by atoms with Crippen LogP contribution >= 0.6 is 13.5 Å². The van der Waals surface area contributed by atoms with Crippen molar-refractivity contribution in [1.82, 2.24) is 20.2 Å². The summed E-state index contributed by atoms with van der Waals surface area (Å²) in [5.74, 6) is -5.93. The summed E-state index contributed by atoms with van der Waals surface area (Å²) in [7, 11) is -7.49. The Bertz CT molecular complexity index is 2840. The first-order valence-electron chi connectivity index (χ1n) is 20.7. The highest BCUT2D eigenvalue weighted by atomic mass is 32.2. The Morgan fingerprint density at radius 2 is 0.973 bits per heavy atom. The monoisotopic (exact) mass is 1150 g/mol. The van der Waals surface area contributed by atoms with E-state index >= 15 is 0 Å². The van der Waals surface area contributed by atoms with Crippen molar-refractivity contribution in [2.24, 2.45) is 0 Å². The number of benzene rings is 2. The number of rotatable bonds is 10. The van der Waals surface area contributed by atoms with Crippen LogP contribution in [-0.4, -0.2) is 138 Å². The first-order valence-corrected chi connectivity index (χ1v) is 24.5. The zero-order chi connectivity index (χ0) is 55.2. The molecule has 75 heavy (non-hydrogen) atoms.